The highest BCUT2D eigenvalue weighted by molar-refractivity contribution is 5.90. The summed E-state index contributed by atoms with van der Waals surface area (Å²) in [7, 11) is 0. The van der Waals surface area contributed by atoms with Crippen molar-refractivity contribution in [2.24, 2.45) is 0 Å². The van der Waals surface area contributed by atoms with E-state index in [1.165, 1.54) is 33.4 Å². The van der Waals surface area contributed by atoms with Gasteiger partial charge >= 0.3 is 0 Å². The van der Waals surface area contributed by atoms with Gasteiger partial charge in [0.2, 0.25) is 0 Å². The van der Waals surface area contributed by atoms with Gasteiger partial charge in [0.15, 0.2) is 5.82 Å². The van der Waals surface area contributed by atoms with Crippen LogP contribution in [-0.4, -0.2) is 19.9 Å². The van der Waals surface area contributed by atoms with Crippen molar-refractivity contribution in [1.29, 1.82) is 0 Å². The van der Waals surface area contributed by atoms with Gasteiger partial charge in [0.1, 0.15) is 23.1 Å². The minimum Gasteiger partial charge on any atom is -0.457 e. The summed E-state index contributed by atoms with van der Waals surface area (Å²) in [5, 5.41) is 0. The minimum absolute atomic E-state index is 0.618. The molecule has 1 aliphatic carbocycles. The van der Waals surface area contributed by atoms with Gasteiger partial charge in [0.25, 0.3) is 0 Å². The molecule has 0 atom stereocenters. The van der Waals surface area contributed by atoms with Crippen molar-refractivity contribution >= 4 is 0 Å². The normalized spacial score (nSPS) is 13.3. The highest BCUT2D eigenvalue weighted by atomic mass is 16.5. The fourth-order valence-corrected chi connectivity index (χ4v) is 7.95. The van der Waals surface area contributed by atoms with Gasteiger partial charge in [-0.1, -0.05) is 72.8 Å². The first-order chi connectivity index (χ1) is 23.4. The molecule has 0 radical (unpaired) electrons. The summed E-state index contributed by atoms with van der Waals surface area (Å²) in [6, 6.07) is 41.5. The summed E-state index contributed by atoms with van der Waals surface area (Å²) in [5.74, 6) is 3.75. The molecule has 2 aliphatic rings. The molecule has 5 heteroatoms. The van der Waals surface area contributed by atoms with E-state index in [0.29, 0.717) is 17.5 Å². The SMILES string of the molecule is Cc1nc(C)nc(-c2ccc3c(c2)C2(c4cc(-c5cccc(-c6c(C)ccnc6C)c5)ccc4O3)c3ccccc3-c3ccccc32)n1. The van der Waals surface area contributed by atoms with Gasteiger partial charge in [0.05, 0.1) is 5.41 Å². The van der Waals surface area contributed by atoms with Crippen LogP contribution in [0.5, 0.6) is 11.5 Å². The first-order valence-electron chi connectivity index (χ1n) is 16.3. The zero-order chi connectivity index (χ0) is 32.6. The van der Waals surface area contributed by atoms with Crippen LogP contribution in [0.15, 0.2) is 121 Å². The van der Waals surface area contributed by atoms with Gasteiger partial charge in [-0.25, -0.2) is 15.0 Å². The molecule has 0 saturated carbocycles. The summed E-state index contributed by atoms with van der Waals surface area (Å²) in [5.41, 5.74) is 14.3. The van der Waals surface area contributed by atoms with Crippen molar-refractivity contribution in [2.75, 3.05) is 0 Å². The lowest BCUT2D eigenvalue weighted by atomic mass is 9.65. The molecular formula is C43H32N4O. The summed E-state index contributed by atoms with van der Waals surface area (Å²) in [6.07, 6.45) is 1.88. The Hall–Kier alpha value is -5.94. The predicted molar refractivity (Wildman–Crippen MR) is 190 cm³/mol. The fourth-order valence-electron chi connectivity index (χ4n) is 7.95. The third kappa shape index (κ3) is 4.10. The van der Waals surface area contributed by atoms with Crippen LogP contribution in [-0.2, 0) is 5.41 Å². The lowest BCUT2D eigenvalue weighted by molar-refractivity contribution is 0.436. The molecule has 0 N–H and O–H groups in total. The lowest BCUT2D eigenvalue weighted by Crippen LogP contribution is -2.32. The molecule has 1 spiro atoms. The number of hydrogen-bond donors (Lipinski definition) is 0. The van der Waals surface area contributed by atoms with E-state index < -0.39 is 5.41 Å². The minimum atomic E-state index is -0.618. The first-order valence-corrected chi connectivity index (χ1v) is 16.3. The Morgan fingerprint density at radius 3 is 1.75 bits per heavy atom. The Bertz CT molecular complexity index is 2360. The number of aryl methyl sites for hydroxylation is 4. The zero-order valence-corrected chi connectivity index (χ0v) is 27.2. The molecular weight excluding hydrogens is 589 g/mol. The summed E-state index contributed by atoms with van der Waals surface area (Å²) in [6.45, 7) is 8.05. The molecule has 0 saturated heterocycles. The van der Waals surface area contributed by atoms with Crippen LogP contribution in [0, 0.1) is 27.7 Å². The molecule has 0 unspecified atom stereocenters. The number of ether oxygens (including phenoxy) is 1. The van der Waals surface area contributed by atoms with Crippen molar-refractivity contribution in [3.05, 3.63) is 167 Å². The van der Waals surface area contributed by atoms with Crippen molar-refractivity contribution in [1.82, 2.24) is 19.9 Å². The van der Waals surface area contributed by atoms with Crippen molar-refractivity contribution in [2.45, 2.75) is 33.1 Å². The van der Waals surface area contributed by atoms with Crippen LogP contribution in [0.25, 0.3) is 44.8 Å². The number of pyridine rings is 1. The highest BCUT2D eigenvalue weighted by Gasteiger charge is 2.51. The van der Waals surface area contributed by atoms with Crippen LogP contribution in [0.4, 0.5) is 0 Å². The topological polar surface area (TPSA) is 60.8 Å². The van der Waals surface area contributed by atoms with Gasteiger partial charge in [0, 0.05) is 34.1 Å². The van der Waals surface area contributed by atoms with Crippen LogP contribution in [0.2, 0.25) is 0 Å². The third-order valence-corrected chi connectivity index (χ3v) is 9.89. The van der Waals surface area contributed by atoms with Crippen LogP contribution in [0.3, 0.4) is 0 Å². The molecule has 7 aromatic rings. The monoisotopic (exact) mass is 620 g/mol. The molecule has 2 aromatic heterocycles. The van der Waals surface area contributed by atoms with Crippen molar-refractivity contribution in [3.63, 3.8) is 0 Å². The second-order valence-corrected chi connectivity index (χ2v) is 12.8. The van der Waals surface area contributed by atoms with E-state index in [9.17, 15) is 0 Å². The van der Waals surface area contributed by atoms with Crippen LogP contribution in [0.1, 0.15) is 45.2 Å². The summed E-state index contributed by atoms with van der Waals surface area (Å²) in [4.78, 5) is 18.5. The van der Waals surface area contributed by atoms with E-state index in [0.717, 1.165) is 50.6 Å². The maximum atomic E-state index is 6.79. The second-order valence-electron chi connectivity index (χ2n) is 12.8. The number of aromatic nitrogens is 4. The van der Waals surface area contributed by atoms with Crippen molar-refractivity contribution in [3.8, 4) is 56.3 Å². The molecule has 3 heterocycles. The number of hydrogen-bond acceptors (Lipinski definition) is 5. The smallest absolute Gasteiger partial charge is 0.163 e. The van der Waals surface area contributed by atoms with Crippen LogP contribution < -0.4 is 4.74 Å². The molecule has 9 rings (SSSR count). The average Bonchev–Trinajstić information content (AvgIpc) is 3.39. The number of rotatable bonds is 3. The number of benzene rings is 5. The van der Waals surface area contributed by atoms with E-state index in [1.807, 2.05) is 20.0 Å². The molecule has 48 heavy (non-hydrogen) atoms. The Labute approximate surface area is 280 Å². The Kier molecular flexibility index (Phi) is 6.21. The summed E-state index contributed by atoms with van der Waals surface area (Å²) < 4.78 is 6.79. The largest absolute Gasteiger partial charge is 0.457 e. The van der Waals surface area contributed by atoms with E-state index in [1.54, 1.807) is 0 Å². The first kappa shape index (κ1) is 28.3. The molecule has 0 bridgehead atoms. The quantitative estimate of drug-likeness (QED) is 0.197. The van der Waals surface area contributed by atoms with E-state index in [2.05, 4.69) is 139 Å². The Morgan fingerprint density at radius 1 is 0.500 bits per heavy atom. The maximum Gasteiger partial charge on any atom is 0.163 e. The predicted octanol–water partition coefficient (Wildman–Crippen LogP) is 9.97. The molecule has 230 valence electrons. The van der Waals surface area contributed by atoms with E-state index >= 15 is 0 Å². The zero-order valence-electron chi connectivity index (χ0n) is 27.2. The highest BCUT2D eigenvalue weighted by Crippen LogP contribution is 2.62. The molecule has 0 fully saturated rings. The van der Waals surface area contributed by atoms with Gasteiger partial charge in [-0.05, 0) is 115 Å². The lowest BCUT2D eigenvalue weighted by Gasteiger charge is -2.40. The average molecular weight is 621 g/mol. The Morgan fingerprint density at radius 2 is 1.08 bits per heavy atom. The molecule has 0 amide bonds. The molecule has 5 aromatic carbocycles. The Balaban J connectivity index is 1.32. The van der Waals surface area contributed by atoms with Gasteiger partial charge < -0.3 is 4.74 Å². The van der Waals surface area contributed by atoms with Crippen LogP contribution >= 0.6 is 0 Å². The summed E-state index contributed by atoms with van der Waals surface area (Å²) >= 11 is 0. The van der Waals surface area contributed by atoms with E-state index in [-0.39, 0.29) is 0 Å². The second kappa shape index (κ2) is 10.5. The number of nitrogens with zero attached hydrogens (tertiary/aromatic N) is 4. The van der Waals surface area contributed by atoms with Gasteiger partial charge in [-0.15, -0.1) is 0 Å². The third-order valence-electron chi connectivity index (χ3n) is 9.89. The molecule has 1 aliphatic heterocycles. The maximum absolute atomic E-state index is 6.79. The van der Waals surface area contributed by atoms with Crippen molar-refractivity contribution < 1.29 is 4.74 Å². The van der Waals surface area contributed by atoms with Gasteiger partial charge in [-0.3, -0.25) is 4.98 Å². The van der Waals surface area contributed by atoms with Gasteiger partial charge in [-0.2, -0.15) is 0 Å². The standard InChI is InChI=1S/C43H32N4O/c1-25-20-21-44-26(2)41(25)31-11-9-10-29(22-31)30-16-18-39-37(23-30)43(35-14-7-5-12-33(35)34-13-6-8-15-36(34)43)38-24-32(17-19-40(38)48-39)42-46-27(3)45-28(4)47-42/h5-24H,1-4H3. The molecule has 5 nitrogen and oxygen atoms in total. The number of fused-ring (bicyclic) bond motifs is 9. The van der Waals surface area contributed by atoms with E-state index in [4.69, 9.17) is 14.7 Å². The fraction of sp³-hybridized carbons (Fsp3) is 0.116.